The Kier molecular flexibility index (Phi) is 4.83. The van der Waals surface area contributed by atoms with Crippen molar-refractivity contribution in [1.29, 1.82) is 0 Å². The van der Waals surface area contributed by atoms with Crippen molar-refractivity contribution >= 4 is 11.4 Å². The average Bonchev–Trinajstić information content (AvgIpc) is 2.76. The Hall–Kier alpha value is -2.69. The molecule has 0 aliphatic carbocycles. The van der Waals surface area contributed by atoms with Crippen molar-refractivity contribution in [3.05, 3.63) is 58.9 Å². The number of hydrogen-bond donors (Lipinski definition) is 0. The molecule has 1 aliphatic heterocycles. The highest BCUT2D eigenvalue weighted by Gasteiger charge is 2.26. The van der Waals surface area contributed by atoms with Gasteiger partial charge in [0.25, 0.3) is 0 Å². The number of rotatable bonds is 4. The summed E-state index contributed by atoms with van der Waals surface area (Å²) in [4.78, 5) is 0. The topological polar surface area (TPSA) is 43.2 Å². The van der Waals surface area contributed by atoms with Gasteiger partial charge in [0.05, 0.1) is 14.2 Å². The van der Waals surface area contributed by atoms with E-state index in [0.29, 0.717) is 22.8 Å². The van der Waals surface area contributed by atoms with Gasteiger partial charge in [0.2, 0.25) is 0 Å². The van der Waals surface area contributed by atoms with Crippen LogP contribution in [0, 0.1) is 5.82 Å². The molecule has 1 unspecified atom stereocenters. The molecule has 3 rings (SSSR count). The number of benzene rings is 2. The van der Waals surface area contributed by atoms with Crippen molar-refractivity contribution in [3.8, 4) is 11.5 Å². The zero-order valence-corrected chi connectivity index (χ0v) is 14.8. The van der Waals surface area contributed by atoms with Gasteiger partial charge in [-0.2, -0.15) is 5.10 Å². The minimum Gasteiger partial charge on any atom is -0.493 e. The van der Waals surface area contributed by atoms with Crippen LogP contribution in [0.2, 0.25) is 0 Å². The SMILES string of the molecule is CCC1C(C)=NN=C(c2ccccc2F)c2cc(OC)c(OC)cc21. The lowest BCUT2D eigenvalue weighted by Gasteiger charge is -2.20. The van der Waals surface area contributed by atoms with Crippen LogP contribution in [0.25, 0.3) is 0 Å². The summed E-state index contributed by atoms with van der Waals surface area (Å²) in [5.41, 5.74) is 3.65. The van der Waals surface area contributed by atoms with Crippen molar-refractivity contribution in [2.45, 2.75) is 26.2 Å². The van der Waals surface area contributed by atoms with Crippen LogP contribution >= 0.6 is 0 Å². The minimum atomic E-state index is -0.329. The molecule has 1 atom stereocenters. The van der Waals surface area contributed by atoms with Crippen LogP contribution in [0.4, 0.5) is 4.39 Å². The second kappa shape index (κ2) is 7.05. The molecule has 25 heavy (non-hydrogen) atoms. The molecule has 0 bridgehead atoms. The van der Waals surface area contributed by atoms with Crippen LogP contribution in [0.15, 0.2) is 46.6 Å². The van der Waals surface area contributed by atoms with Crippen LogP contribution in [0.5, 0.6) is 11.5 Å². The molecule has 4 nitrogen and oxygen atoms in total. The lowest BCUT2D eigenvalue weighted by molar-refractivity contribution is 0.354. The average molecular weight is 340 g/mol. The molecule has 0 amide bonds. The Labute approximate surface area is 147 Å². The number of hydrogen-bond acceptors (Lipinski definition) is 4. The van der Waals surface area contributed by atoms with Gasteiger partial charge in [-0.15, -0.1) is 5.10 Å². The molecule has 0 saturated heterocycles. The zero-order valence-electron chi connectivity index (χ0n) is 14.8. The first-order valence-electron chi connectivity index (χ1n) is 8.24. The van der Waals surface area contributed by atoms with E-state index in [2.05, 4.69) is 17.1 Å². The molecule has 0 spiro atoms. The molecule has 1 heterocycles. The van der Waals surface area contributed by atoms with E-state index >= 15 is 0 Å². The molecule has 0 N–H and O–H groups in total. The van der Waals surface area contributed by atoms with Crippen molar-refractivity contribution in [3.63, 3.8) is 0 Å². The largest absolute Gasteiger partial charge is 0.493 e. The first kappa shape index (κ1) is 17.1. The first-order valence-corrected chi connectivity index (χ1v) is 8.24. The van der Waals surface area contributed by atoms with Crippen LogP contribution in [-0.4, -0.2) is 25.6 Å². The van der Waals surface area contributed by atoms with Gasteiger partial charge in [0.15, 0.2) is 11.5 Å². The third-order valence-electron chi connectivity index (χ3n) is 4.54. The summed E-state index contributed by atoms with van der Waals surface area (Å²) >= 11 is 0. The summed E-state index contributed by atoms with van der Waals surface area (Å²) in [6.07, 6.45) is 0.859. The Bertz CT molecular complexity index is 859. The smallest absolute Gasteiger partial charge is 0.161 e. The van der Waals surface area contributed by atoms with Crippen LogP contribution < -0.4 is 9.47 Å². The second-order valence-electron chi connectivity index (χ2n) is 5.93. The molecule has 2 aromatic rings. The quantitative estimate of drug-likeness (QED) is 0.819. The molecule has 0 saturated carbocycles. The lowest BCUT2D eigenvalue weighted by atomic mass is 9.85. The molecule has 0 fully saturated rings. The minimum absolute atomic E-state index is 0.0860. The summed E-state index contributed by atoms with van der Waals surface area (Å²) in [5, 5.41) is 8.73. The molecular weight excluding hydrogens is 319 g/mol. The van der Waals surface area contributed by atoms with Gasteiger partial charge in [-0.05, 0) is 43.2 Å². The standard InChI is InChI=1S/C20H21FN2O2/c1-5-13-12(2)22-23-20(14-8-6-7-9-17(14)21)16-11-19(25-4)18(24-3)10-15(13)16/h6-11,13H,5H2,1-4H3. The van der Waals surface area contributed by atoms with E-state index in [1.165, 1.54) is 6.07 Å². The van der Waals surface area contributed by atoms with Gasteiger partial charge in [-0.25, -0.2) is 4.39 Å². The molecule has 2 aromatic carbocycles. The molecule has 0 radical (unpaired) electrons. The summed E-state index contributed by atoms with van der Waals surface area (Å²) in [6, 6.07) is 10.4. The van der Waals surface area contributed by atoms with Crippen molar-refractivity contribution < 1.29 is 13.9 Å². The van der Waals surface area contributed by atoms with Gasteiger partial charge in [-0.3, -0.25) is 0 Å². The van der Waals surface area contributed by atoms with E-state index < -0.39 is 0 Å². The molecule has 0 aromatic heterocycles. The van der Waals surface area contributed by atoms with Gasteiger partial charge in [-0.1, -0.05) is 19.1 Å². The number of nitrogens with zero attached hydrogens (tertiary/aromatic N) is 2. The van der Waals surface area contributed by atoms with E-state index in [-0.39, 0.29) is 11.7 Å². The summed E-state index contributed by atoms with van der Waals surface area (Å²) < 4.78 is 25.3. The first-order chi connectivity index (χ1) is 12.1. The van der Waals surface area contributed by atoms with Gasteiger partial charge >= 0.3 is 0 Å². The second-order valence-corrected chi connectivity index (χ2v) is 5.93. The highest BCUT2D eigenvalue weighted by molar-refractivity contribution is 6.16. The van der Waals surface area contributed by atoms with Crippen molar-refractivity contribution in [2.24, 2.45) is 10.2 Å². The molecular formula is C20H21FN2O2. The van der Waals surface area contributed by atoms with Crippen LogP contribution in [-0.2, 0) is 0 Å². The monoisotopic (exact) mass is 340 g/mol. The number of fused-ring (bicyclic) bond motifs is 1. The third kappa shape index (κ3) is 3.02. The summed E-state index contributed by atoms with van der Waals surface area (Å²) in [7, 11) is 3.19. The highest BCUT2D eigenvalue weighted by atomic mass is 19.1. The normalized spacial score (nSPS) is 16.4. The number of halogens is 1. The van der Waals surface area contributed by atoms with Gasteiger partial charge < -0.3 is 9.47 Å². The van der Waals surface area contributed by atoms with E-state index in [9.17, 15) is 4.39 Å². The van der Waals surface area contributed by atoms with Crippen LogP contribution in [0.1, 0.15) is 42.9 Å². The van der Waals surface area contributed by atoms with E-state index in [4.69, 9.17) is 9.47 Å². The summed E-state index contributed by atoms with van der Waals surface area (Å²) in [5.74, 6) is 0.981. The predicted molar refractivity (Wildman–Crippen MR) is 97.7 cm³/mol. The van der Waals surface area contributed by atoms with Crippen molar-refractivity contribution in [1.82, 2.24) is 0 Å². The van der Waals surface area contributed by atoms with E-state index in [1.807, 2.05) is 19.1 Å². The van der Waals surface area contributed by atoms with Gasteiger partial charge in [0.1, 0.15) is 11.5 Å². The Morgan fingerprint density at radius 1 is 1.00 bits per heavy atom. The highest BCUT2D eigenvalue weighted by Crippen LogP contribution is 2.38. The predicted octanol–water partition coefficient (Wildman–Crippen LogP) is 4.56. The Morgan fingerprint density at radius 3 is 2.32 bits per heavy atom. The fourth-order valence-corrected chi connectivity index (χ4v) is 3.23. The number of ether oxygens (including phenoxy) is 2. The molecule has 5 heteroatoms. The summed E-state index contributed by atoms with van der Waals surface area (Å²) in [6.45, 7) is 4.04. The maximum Gasteiger partial charge on any atom is 0.161 e. The van der Waals surface area contributed by atoms with E-state index in [0.717, 1.165) is 23.3 Å². The zero-order chi connectivity index (χ0) is 18.0. The fraction of sp³-hybridized carbons (Fsp3) is 0.300. The lowest BCUT2D eigenvalue weighted by Crippen LogP contribution is -2.13. The maximum atomic E-state index is 14.4. The molecule has 1 aliphatic rings. The van der Waals surface area contributed by atoms with E-state index in [1.54, 1.807) is 32.4 Å². The maximum absolute atomic E-state index is 14.4. The van der Waals surface area contributed by atoms with Crippen molar-refractivity contribution in [2.75, 3.05) is 14.2 Å². The van der Waals surface area contributed by atoms with Gasteiger partial charge in [0, 0.05) is 22.8 Å². The van der Waals surface area contributed by atoms with Crippen LogP contribution in [0.3, 0.4) is 0 Å². The third-order valence-corrected chi connectivity index (χ3v) is 4.54. The Morgan fingerprint density at radius 2 is 1.68 bits per heavy atom. The molecule has 130 valence electrons. The Balaban J connectivity index is 2.31. The fourth-order valence-electron chi connectivity index (χ4n) is 3.23. The number of methoxy groups -OCH3 is 2.